The van der Waals surface area contributed by atoms with Gasteiger partial charge in [-0.3, -0.25) is 5.10 Å². The van der Waals surface area contributed by atoms with Gasteiger partial charge < -0.3 is 10.6 Å². The third kappa shape index (κ3) is 3.71. The number of amides is 2. The van der Waals surface area contributed by atoms with Crippen molar-refractivity contribution in [3.8, 4) is 11.1 Å². The van der Waals surface area contributed by atoms with Crippen LogP contribution in [0.1, 0.15) is 16.8 Å². The fourth-order valence-corrected chi connectivity index (χ4v) is 3.14. The molecule has 0 saturated carbocycles. The summed E-state index contributed by atoms with van der Waals surface area (Å²) in [4.78, 5) is 16.4. The van der Waals surface area contributed by atoms with E-state index in [1.54, 1.807) is 6.20 Å². The summed E-state index contributed by atoms with van der Waals surface area (Å²) in [6, 6.07) is 17.6. The van der Waals surface area contributed by atoms with Crippen molar-refractivity contribution in [2.75, 3.05) is 5.32 Å². The highest BCUT2D eigenvalue weighted by Gasteiger charge is 2.10. The number of carbonyl (C=O) groups is 1. The molecule has 4 aromatic rings. The molecular weight excluding hydrogens is 350 g/mol. The molecule has 0 unspecified atom stereocenters. The Morgan fingerprint density at radius 3 is 2.50 bits per heavy atom. The van der Waals surface area contributed by atoms with Crippen LogP contribution in [0.2, 0.25) is 0 Å². The second kappa shape index (κ2) is 7.52. The summed E-state index contributed by atoms with van der Waals surface area (Å²) in [5.41, 5.74) is 6.79. The first-order valence-electron chi connectivity index (χ1n) is 9.10. The summed E-state index contributed by atoms with van der Waals surface area (Å²) in [6.07, 6.45) is 1.75. The van der Waals surface area contributed by atoms with Gasteiger partial charge in [-0.1, -0.05) is 42.0 Å². The van der Waals surface area contributed by atoms with Gasteiger partial charge in [0.2, 0.25) is 0 Å². The minimum Gasteiger partial charge on any atom is -0.334 e. The van der Waals surface area contributed by atoms with Crippen LogP contribution < -0.4 is 10.6 Å². The highest BCUT2D eigenvalue weighted by molar-refractivity contribution is 5.95. The lowest BCUT2D eigenvalue weighted by Gasteiger charge is -2.09. The number of fused-ring (bicyclic) bond motifs is 1. The Labute approximate surface area is 163 Å². The summed E-state index contributed by atoms with van der Waals surface area (Å²) in [7, 11) is 0. The van der Waals surface area contributed by atoms with Crippen LogP contribution in [-0.2, 0) is 6.54 Å². The highest BCUT2D eigenvalue weighted by Crippen LogP contribution is 2.29. The molecule has 28 heavy (non-hydrogen) atoms. The minimum absolute atomic E-state index is 0.231. The van der Waals surface area contributed by atoms with E-state index in [9.17, 15) is 4.79 Å². The van der Waals surface area contributed by atoms with Crippen molar-refractivity contribution in [3.05, 3.63) is 77.6 Å². The molecule has 6 nitrogen and oxygen atoms in total. The molecule has 2 heterocycles. The van der Waals surface area contributed by atoms with Crippen LogP contribution in [0.5, 0.6) is 0 Å². The van der Waals surface area contributed by atoms with Crippen LogP contribution in [-0.4, -0.2) is 21.2 Å². The fraction of sp³-hybridized carbons (Fsp3) is 0.136. The number of rotatable bonds is 4. The number of anilines is 1. The van der Waals surface area contributed by atoms with Gasteiger partial charge in [-0.2, -0.15) is 5.10 Å². The molecule has 0 fully saturated rings. The Hall–Kier alpha value is -3.67. The van der Waals surface area contributed by atoms with Crippen LogP contribution in [0, 0.1) is 13.8 Å². The van der Waals surface area contributed by atoms with Gasteiger partial charge >= 0.3 is 6.03 Å². The Morgan fingerprint density at radius 1 is 1.00 bits per heavy atom. The van der Waals surface area contributed by atoms with E-state index in [1.807, 2.05) is 68.4 Å². The number of aromatic amines is 1. The first kappa shape index (κ1) is 17.7. The lowest BCUT2D eigenvalue weighted by atomic mass is 10.0. The standard InChI is InChI=1S/C22H21N5O/c1-14-3-5-16(6-4-14)13-24-22(28)25-18-9-7-17(8-10-18)19-11-12-23-21-20(19)15(2)26-27-21/h3-12H,13H2,1-2H3,(H,23,26,27)(H2,24,25,28). The largest absolute Gasteiger partial charge is 0.334 e. The van der Waals surface area contributed by atoms with E-state index < -0.39 is 0 Å². The summed E-state index contributed by atoms with van der Waals surface area (Å²) in [6.45, 7) is 4.51. The quantitative estimate of drug-likeness (QED) is 0.492. The van der Waals surface area contributed by atoms with E-state index in [2.05, 4.69) is 25.8 Å². The summed E-state index contributed by atoms with van der Waals surface area (Å²) >= 11 is 0. The maximum Gasteiger partial charge on any atom is 0.319 e. The van der Waals surface area contributed by atoms with E-state index in [0.29, 0.717) is 12.2 Å². The molecular formula is C22H21N5O. The summed E-state index contributed by atoms with van der Waals surface area (Å²) in [5, 5.41) is 13.9. The van der Waals surface area contributed by atoms with Crippen molar-refractivity contribution in [2.45, 2.75) is 20.4 Å². The molecule has 0 spiro atoms. The number of benzene rings is 2. The number of nitrogens with zero attached hydrogens (tertiary/aromatic N) is 2. The molecule has 2 aromatic heterocycles. The number of nitrogens with one attached hydrogen (secondary N) is 3. The number of urea groups is 1. The Bertz CT molecular complexity index is 1110. The van der Waals surface area contributed by atoms with Crippen molar-refractivity contribution < 1.29 is 4.79 Å². The summed E-state index contributed by atoms with van der Waals surface area (Å²) in [5.74, 6) is 0. The van der Waals surface area contributed by atoms with Gasteiger partial charge in [-0.15, -0.1) is 0 Å². The van der Waals surface area contributed by atoms with Crippen LogP contribution in [0.3, 0.4) is 0 Å². The second-order valence-electron chi connectivity index (χ2n) is 6.78. The van der Waals surface area contributed by atoms with E-state index >= 15 is 0 Å². The molecule has 2 aromatic carbocycles. The summed E-state index contributed by atoms with van der Waals surface area (Å²) < 4.78 is 0. The zero-order valence-electron chi connectivity index (χ0n) is 15.8. The van der Waals surface area contributed by atoms with E-state index in [0.717, 1.165) is 33.5 Å². The number of hydrogen-bond acceptors (Lipinski definition) is 3. The predicted octanol–water partition coefficient (Wildman–Crippen LogP) is 4.56. The predicted molar refractivity (Wildman–Crippen MR) is 111 cm³/mol. The molecule has 0 aliphatic carbocycles. The topological polar surface area (TPSA) is 82.7 Å². The van der Waals surface area contributed by atoms with Gasteiger partial charge in [-0.25, -0.2) is 9.78 Å². The van der Waals surface area contributed by atoms with Crippen molar-refractivity contribution >= 4 is 22.8 Å². The molecule has 0 bridgehead atoms. The van der Waals surface area contributed by atoms with Crippen molar-refractivity contribution in [1.82, 2.24) is 20.5 Å². The molecule has 0 atom stereocenters. The normalized spacial score (nSPS) is 10.8. The molecule has 6 heteroatoms. The zero-order valence-corrected chi connectivity index (χ0v) is 15.8. The Kier molecular flexibility index (Phi) is 4.76. The maximum atomic E-state index is 12.1. The molecule has 0 aliphatic heterocycles. The first-order valence-corrected chi connectivity index (χ1v) is 9.10. The van der Waals surface area contributed by atoms with E-state index in [4.69, 9.17) is 0 Å². The monoisotopic (exact) mass is 371 g/mol. The van der Waals surface area contributed by atoms with Crippen molar-refractivity contribution in [2.24, 2.45) is 0 Å². The fourth-order valence-electron chi connectivity index (χ4n) is 3.14. The molecule has 2 amide bonds. The van der Waals surface area contributed by atoms with Gasteiger partial charge in [0, 0.05) is 29.5 Å². The van der Waals surface area contributed by atoms with Gasteiger partial charge in [0.15, 0.2) is 5.65 Å². The maximum absolute atomic E-state index is 12.1. The molecule has 0 radical (unpaired) electrons. The van der Waals surface area contributed by atoms with Crippen molar-refractivity contribution in [1.29, 1.82) is 0 Å². The molecule has 0 saturated heterocycles. The van der Waals surface area contributed by atoms with Crippen molar-refractivity contribution in [3.63, 3.8) is 0 Å². The van der Waals surface area contributed by atoms with Crippen LogP contribution in [0.15, 0.2) is 60.8 Å². The number of aryl methyl sites for hydroxylation is 2. The number of carbonyl (C=O) groups excluding carboxylic acids is 1. The molecule has 4 rings (SSSR count). The number of hydrogen-bond donors (Lipinski definition) is 3. The molecule has 3 N–H and O–H groups in total. The lowest BCUT2D eigenvalue weighted by molar-refractivity contribution is 0.251. The van der Waals surface area contributed by atoms with Crippen LogP contribution >= 0.6 is 0 Å². The second-order valence-corrected chi connectivity index (χ2v) is 6.78. The average molecular weight is 371 g/mol. The van der Waals surface area contributed by atoms with Crippen LogP contribution in [0.25, 0.3) is 22.2 Å². The number of aromatic nitrogens is 3. The average Bonchev–Trinajstić information content (AvgIpc) is 3.09. The minimum atomic E-state index is -0.231. The number of pyridine rings is 1. The van der Waals surface area contributed by atoms with Gasteiger partial charge in [0.25, 0.3) is 0 Å². The zero-order chi connectivity index (χ0) is 19.5. The van der Waals surface area contributed by atoms with E-state index in [-0.39, 0.29) is 6.03 Å². The lowest BCUT2D eigenvalue weighted by Crippen LogP contribution is -2.28. The third-order valence-electron chi connectivity index (χ3n) is 4.66. The van der Waals surface area contributed by atoms with Gasteiger partial charge in [0.05, 0.1) is 0 Å². The Morgan fingerprint density at radius 2 is 1.75 bits per heavy atom. The number of H-pyrrole nitrogens is 1. The van der Waals surface area contributed by atoms with Crippen LogP contribution in [0.4, 0.5) is 10.5 Å². The SMILES string of the molecule is Cc1ccc(CNC(=O)Nc2ccc(-c3ccnc4n[nH]c(C)c34)cc2)cc1. The first-order chi connectivity index (χ1) is 13.6. The third-order valence-corrected chi connectivity index (χ3v) is 4.66. The highest BCUT2D eigenvalue weighted by atomic mass is 16.2. The Balaban J connectivity index is 1.43. The molecule has 140 valence electrons. The van der Waals surface area contributed by atoms with Gasteiger partial charge in [-0.05, 0) is 48.7 Å². The van der Waals surface area contributed by atoms with Gasteiger partial charge in [0.1, 0.15) is 0 Å². The smallest absolute Gasteiger partial charge is 0.319 e. The molecule has 0 aliphatic rings. The van der Waals surface area contributed by atoms with E-state index in [1.165, 1.54) is 5.56 Å².